The van der Waals surface area contributed by atoms with Crippen LogP contribution in [0.4, 0.5) is 5.69 Å². The highest BCUT2D eigenvalue weighted by Crippen LogP contribution is 2.51. The Hall–Kier alpha value is -6.27. The first-order chi connectivity index (χ1) is 33.9. The normalized spacial score (nSPS) is 20.3. The maximum atomic E-state index is 14.5. The highest BCUT2D eigenvalue weighted by atomic mass is 32.2. The van der Waals surface area contributed by atoms with E-state index in [1.165, 1.54) is 9.21 Å². The van der Waals surface area contributed by atoms with Gasteiger partial charge in [0, 0.05) is 32.5 Å². The molecule has 2 saturated heterocycles. The summed E-state index contributed by atoms with van der Waals surface area (Å²) in [7, 11) is -3.93. The Morgan fingerprint density at radius 2 is 1.51 bits per heavy atom. The number of benzene rings is 4. The number of aryl methyl sites for hydroxylation is 1. The SMILES string of the molecule is CCN(c1ccc(OCCCCCC(=O)N[C@H](C(=O)N2C[C@H](O)C[C@H]2C(=O)NCc2ccc(-c3scnc3C)cc2)C(C)(C)C)cc1)S(=O)(=O)C1CC2OC1C(c1ccc(O)cc1)=C2c1ccc(O)cc1. The second-order valence-corrected chi connectivity index (χ2v) is 22.5. The summed E-state index contributed by atoms with van der Waals surface area (Å²) in [5.74, 6) is -0.279. The molecule has 3 unspecified atom stereocenters. The average molecular weight is 1010 g/mol. The molecule has 3 aliphatic rings. The molecule has 3 amide bonds. The number of phenolic OH excluding ortho intramolecular Hbond substituents is 2. The topological polar surface area (TPSA) is 208 Å². The third kappa shape index (κ3) is 11.4. The highest BCUT2D eigenvalue weighted by Gasteiger charge is 2.54. The number of phenols is 2. The number of sulfonamides is 1. The van der Waals surface area contributed by atoms with Crippen molar-refractivity contribution in [1.82, 2.24) is 20.5 Å². The summed E-state index contributed by atoms with van der Waals surface area (Å²) in [5, 5.41) is 35.6. The molecule has 4 heterocycles. The van der Waals surface area contributed by atoms with Gasteiger partial charge in [-0.15, -0.1) is 11.3 Å². The number of likely N-dealkylation sites (tertiary alicyclic amines) is 1. The quantitative estimate of drug-likeness (QED) is 0.0510. The number of nitrogens with zero attached hydrogens (tertiary/aromatic N) is 3. The monoisotopic (exact) mass is 1010 g/mol. The number of ether oxygens (including phenoxy) is 2. The van der Waals surface area contributed by atoms with Gasteiger partial charge in [-0.2, -0.15) is 0 Å². The minimum Gasteiger partial charge on any atom is -0.508 e. The maximum absolute atomic E-state index is 14.5. The van der Waals surface area contributed by atoms with Crippen LogP contribution in [0.5, 0.6) is 17.2 Å². The molecule has 0 aliphatic carbocycles. The van der Waals surface area contributed by atoms with Crippen LogP contribution >= 0.6 is 11.3 Å². The van der Waals surface area contributed by atoms with E-state index in [9.17, 15) is 38.1 Å². The van der Waals surface area contributed by atoms with E-state index in [0.29, 0.717) is 37.3 Å². The van der Waals surface area contributed by atoms with Crippen LogP contribution in [0, 0.1) is 12.3 Å². The molecule has 3 aliphatic heterocycles. The van der Waals surface area contributed by atoms with Gasteiger partial charge < -0.3 is 40.3 Å². The van der Waals surface area contributed by atoms with Crippen LogP contribution in [0.3, 0.4) is 0 Å². The van der Waals surface area contributed by atoms with Crippen molar-refractivity contribution in [1.29, 1.82) is 0 Å². The molecule has 1 aromatic heterocycles. The molecule has 0 radical (unpaired) electrons. The second kappa shape index (κ2) is 21.6. The minimum absolute atomic E-state index is 0.0101. The Kier molecular flexibility index (Phi) is 15.6. The van der Waals surface area contributed by atoms with Gasteiger partial charge in [0.05, 0.1) is 40.6 Å². The van der Waals surface area contributed by atoms with Crippen molar-refractivity contribution in [2.24, 2.45) is 5.41 Å². The van der Waals surface area contributed by atoms with Crippen LogP contribution in [0.2, 0.25) is 0 Å². The summed E-state index contributed by atoms with van der Waals surface area (Å²) in [6.07, 6.45) is 0.318. The van der Waals surface area contributed by atoms with Crippen molar-refractivity contribution in [2.75, 3.05) is 24.0 Å². The number of anilines is 1. The molecular weight excluding hydrogens is 943 g/mol. The predicted molar refractivity (Wildman–Crippen MR) is 274 cm³/mol. The number of aromatic nitrogens is 1. The molecule has 5 N–H and O–H groups in total. The highest BCUT2D eigenvalue weighted by molar-refractivity contribution is 7.93. The van der Waals surface area contributed by atoms with Crippen LogP contribution in [-0.4, -0.2) is 107 Å². The molecule has 15 nitrogen and oxygen atoms in total. The van der Waals surface area contributed by atoms with E-state index < -0.39 is 57.0 Å². The van der Waals surface area contributed by atoms with Crippen molar-refractivity contribution in [2.45, 2.75) is 115 Å². The smallest absolute Gasteiger partial charge is 0.246 e. The van der Waals surface area contributed by atoms with E-state index in [2.05, 4.69) is 15.6 Å². The van der Waals surface area contributed by atoms with Crippen molar-refractivity contribution < 1.29 is 47.6 Å². The molecule has 8 rings (SSSR count). The molecule has 2 bridgehead atoms. The Balaban J connectivity index is 0.804. The fourth-order valence-corrected chi connectivity index (χ4v) is 12.6. The molecule has 4 aromatic carbocycles. The fraction of sp³-hybridized carbons (Fsp3) is 0.407. The lowest BCUT2D eigenvalue weighted by atomic mass is 9.83. The van der Waals surface area contributed by atoms with Gasteiger partial charge in [0.15, 0.2) is 0 Å². The second-order valence-electron chi connectivity index (χ2n) is 19.5. The summed E-state index contributed by atoms with van der Waals surface area (Å²) in [5.41, 5.74) is 7.72. The number of unbranched alkanes of at least 4 members (excludes halogenated alkanes) is 2. The lowest BCUT2D eigenvalue weighted by molar-refractivity contribution is -0.144. The summed E-state index contributed by atoms with van der Waals surface area (Å²) in [6.45, 7) is 10.1. The number of rotatable bonds is 19. The van der Waals surface area contributed by atoms with Crippen molar-refractivity contribution in [3.8, 4) is 27.7 Å². The van der Waals surface area contributed by atoms with Gasteiger partial charge in [-0.25, -0.2) is 13.4 Å². The Morgan fingerprint density at radius 3 is 2.11 bits per heavy atom. The molecule has 2 fully saturated rings. The Labute approximate surface area is 419 Å². The molecule has 0 spiro atoms. The zero-order chi connectivity index (χ0) is 50.6. The number of carbonyl (C=O) groups is 3. The number of fused-ring (bicyclic) bond motifs is 2. The summed E-state index contributed by atoms with van der Waals surface area (Å²) in [4.78, 5) is 47.7. The molecule has 6 atom stereocenters. The average Bonchev–Trinajstić information content (AvgIpc) is 4.16. The Morgan fingerprint density at radius 1 is 0.873 bits per heavy atom. The number of nitrogens with one attached hydrogen (secondary N) is 2. The predicted octanol–water partition coefficient (Wildman–Crippen LogP) is 7.58. The van der Waals surface area contributed by atoms with Crippen LogP contribution in [-0.2, 0) is 35.7 Å². The lowest BCUT2D eigenvalue weighted by Gasteiger charge is -2.35. The molecule has 0 saturated carbocycles. The van der Waals surface area contributed by atoms with E-state index in [4.69, 9.17) is 9.47 Å². The standard InChI is InChI=1S/C54H63N5O10S2/c1-6-59(71(66,67)45-29-44-47(35-15-21-39(60)22-16-35)48(49(45)69-44)36-17-23-40(61)24-18-36)38-19-25-42(26-20-38)68-27-9-7-8-10-46(63)57-51(54(3,4)5)53(65)58-31-41(62)28-43(58)52(64)55-30-34-11-13-37(14-12-34)50-33(2)56-32-70-50/h11-26,32,41,43-45,49,51,60-62H,6-10,27-31H2,1-5H3,(H,55,64)(H,57,63)/t41-,43+,44?,45?,49?,51-/m1/s1. The Bertz CT molecular complexity index is 2830. The fourth-order valence-electron chi connectivity index (χ4n) is 9.79. The van der Waals surface area contributed by atoms with E-state index in [1.807, 2.05) is 57.5 Å². The third-order valence-electron chi connectivity index (χ3n) is 13.5. The first-order valence-corrected chi connectivity index (χ1v) is 26.6. The number of aliphatic hydroxyl groups excluding tert-OH is 1. The molecule has 71 heavy (non-hydrogen) atoms. The summed E-state index contributed by atoms with van der Waals surface area (Å²) < 4.78 is 42.8. The molecular formula is C54H63N5O10S2. The van der Waals surface area contributed by atoms with Gasteiger partial charge in [-0.05, 0) is 127 Å². The first-order valence-electron chi connectivity index (χ1n) is 24.2. The molecule has 5 aromatic rings. The number of amides is 3. The number of aromatic hydroxyl groups is 2. The number of hydrogen-bond acceptors (Lipinski definition) is 12. The summed E-state index contributed by atoms with van der Waals surface area (Å²) in [6, 6.07) is 26.4. The van der Waals surface area contributed by atoms with E-state index in [1.54, 1.807) is 91.1 Å². The van der Waals surface area contributed by atoms with E-state index >= 15 is 0 Å². The maximum Gasteiger partial charge on any atom is 0.246 e. The van der Waals surface area contributed by atoms with Crippen molar-refractivity contribution >= 4 is 55.9 Å². The van der Waals surface area contributed by atoms with Gasteiger partial charge in [-0.1, -0.05) is 69.3 Å². The molecule has 17 heteroatoms. The zero-order valence-electron chi connectivity index (χ0n) is 40.7. The van der Waals surface area contributed by atoms with Gasteiger partial charge in [0.2, 0.25) is 27.7 Å². The number of β-amino-alcohol motifs (C(OH)–C–C–N with tert-alkyl or cyclic N) is 1. The van der Waals surface area contributed by atoms with Crippen molar-refractivity contribution in [3.63, 3.8) is 0 Å². The van der Waals surface area contributed by atoms with Crippen LogP contribution in [0.1, 0.15) is 88.6 Å². The van der Waals surface area contributed by atoms with Gasteiger partial charge >= 0.3 is 0 Å². The first kappa shape index (κ1) is 51.1. The summed E-state index contributed by atoms with van der Waals surface area (Å²) >= 11 is 1.57. The number of carbonyl (C=O) groups excluding carboxylic acids is 3. The van der Waals surface area contributed by atoms with Crippen molar-refractivity contribution in [3.05, 3.63) is 125 Å². The van der Waals surface area contributed by atoms with E-state index in [0.717, 1.165) is 44.0 Å². The number of aliphatic hydroxyl groups is 1. The minimum atomic E-state index is -3.93. The van der Waals surface area contributed by atoms with Crippen LogP contribution < -0.4 is 19.7 Å². The number of hydrogen-bond donors (Lipinski definition) is 5. The van der Waals surface area contributed by atoms with Gasteiger partial charge in [0.25, 0.3) is 0 Å². The van der Waals surface area contributed by atoms with Gasteiger partial charge in [0.1, 0.15) is 40.7 Å². The van der Waals surface area contributed by atoms with Gasteiger partial charge in [-0.3, -0.25) is 18.7 Å². The third-order valence-corrected chi connectivity index (χ3v) is 16.7. The molecule has 376 valence electrons. The van der Waals surface area contributed by atoms with Crippen LogP contribution in [0.25, 0.3) is 21.6 Å². The lowest BCUT2D eigenvalue weighted by Crippen LogP contribution is -2.57. The zero-order valence-corrected chi connectivity index (χ0v) is 42.3. The largest absolute Gasteiger partial charge is 0.508 e. The van der Waals surface area contributed by atoms with Crippen LogP contribution in [0.15, 0.2) is 103 Å². The number of thiazole rings is 1. The van der Waals surface area contributed by atoms with E-state index in [-0.39, 0.29) is 62.2 Å².